The highest BCUT2D eigenvalue weighted by molar-refractivity contribution is 5.96. The van der Waals surface area contributed by atoms with Gasteiger partial charge in [-0.3, -0.25) is 4.79 Å². The first kappa shape index (κ1) is 19.1. The SMILES string of the molecule is CC1CCCCN1c1ccc(C(F)(F)F)cc1NC(=O)C1CCCCC1. The number of rotatable bonds is 3. The Morgan fingerprint density at radius 3 is 2.42 bits per heavy atom. The molecule has 1 atom stereocenters. The van der Waals surface area contributed by atoms with Crippen molar-refractivity contribution in [3.8, 4) is 0 Å². The number of alkyl halides is 3. The molecule has 2 aliphatic rings. The molecule has 1 unspecified atom stereocenters. The van der Waals surface area contributed by atoms with Crippen LogP contribution < -0.4 is 10.2 Å². The van der Waals surface area contributed by atoms with Crippen LogP contribution in [-0.2, 0) is 11.0 Å². The lowest BCUT2D eigenvalue weighted by molar-refractivity contribution is -0.137. The minimum Gasteiger partial charge on any atom is -0.367 e. The summed E-state index contributed by atoms with van der Waals surface area (Å²) in [6.07, 6.45) is 3.52. The monoisotopic (exact) mass is 368 g/mol. The quantitative estimate of drug-likeness (QED) is 0.753. The molecule has 1 saturated heterocycles. The highest BCUT2D eigenvalue weighted by Crippen LogP contribution is 2.38. The van der Waals surface area contributed by atoms with Crippen molar-refractivity contribution in [1.29, 1.82) is 0 Å². The molecular formula is C20H27F3N2O. The molecule has 6 heteroatoms. The fourth-order valence-electron chi connectivity index (χ4n) is 4.12. The summed E-state index contributed by atoms with van der Waals surface area (Å²) in [5.41, 5.74) is 0.281. The predicted molar refractivity (Wildman–Crippen MR) is 97.3 cm³/mol. The molecule has 2 fully saturated rings. The summed E-state index contributed by atoms with van der Waals surface area (Å²) in [7, 11) is 0. The standard InChI is InChI=1S/C20H27F3N2O/c1-14-7-5-6-12-25(14)18-11-10-16(20(21,22)23)13-17(18)24-19(26)15-8-3-2-4-9-15/h10-11,13-15H,2-9,12H2,1H3,(H,24,26). The number of nitrogens with zero attached hydrogens (tertiary/aromatic N) is 1. The average Bonchev–Trinajstić information content (AvgIpc) is 2.62. The number of hydrogen-bond acceptors (Lipinski definition) is 2. The molecule has 1 aromatic rings. The zero-order chi connectivity index (χ0) is 18.7. The maximum atomic E-state index is 13.2. The largest absolute Gasteiger partial charge is 0.416 e. The Morgan fingerprint density at radius 2 is 1.77 bits per heavy atom. The van der Waals surface area contributed by atoms with E-state index in [1.807, 2.05) is 0 Å². The molecule has 0 radical (unpaired) electrons. The molecule has 3 rings (SSSR count). The molecule has 0 bridgehead atoms. The summed E-state index contributed by atoms with van der Waals surface area (Å²) >= 11 is 0. The van der Waals surface area contributed by atoms with E-state index in [9.17, 15) is 18.0 Å². The van der Waals surface area contributed by atoms with Crippen molar-refractivity contribution in [2.24, 2.45) is 5.92 Å². The Labute approximate surface area is 152 Å². The van der Waals surface area contributed by atoms with E-state index in [1.165, 1.54) is 6.07 Å². The van der Waals surface area contributed by atoms with Crippen LogP contribution in [0.1, 0.15) is 63.9 Å². The van der Waals surface area contributed by atoms with E-state index in [0.717, 1.165) is 70.0 Å². The Hall–Kier alpha value is -1.72. The Kier molecular flexibility index (Phi) is 5.78. The number of carbonyl (C=O) groups is 1. The molecule has 0 spiro atoms. The lowest BCUT2D eigenvalue weighted by Gasteiger charge is -2.37. The molecule has 144 valence electrons. The lowest BCUT2D eigenvalue weighted by Crippen LogP contribution is -2.38. The van der Waals surface area contributed by atoms with Crippen molar-refractivity contribution in [2.75, 3.05) is 16.8 Å². The second kappa shape index (κ2) is 7.89. The van der Waals surface area contributed by atoms with Crippen LogP contribution in [-0.4, -0.2) is 18.5 Å². The van der Waals surface area contributed by atoms with Crippen molar-refractivity contribution in [3.05, 3.63) is 23.8 Å². The van der Waals surface area contributed by atoms with Crippen molar-refractivity contribution >= 4 is 17.3 Å². The number of anilines is 2. The van der Waals surface area contributed by atoms with E-state index in [-0.39, 0.29) is 17.9 Å². The first-order chi connectivity index (χ1) is 12.4. The fourth-order valence-corrected chi connectivity index (χ4v) is 4.12. The van der Waals surface area contributed by atoms with Gasteiger partial charge < -0.3 is 10.2 Å². The van der Waals surface area contributed by atoms with Crippen LogP contribution in [0.3, 0.4) is 0 Å². The van der Waals surface area contributed by atoms with E-state index in [0.29, 0.717) is 11.4 Å². The maximum absolute atomic E-state index is 13.2. The highest BCUT2D eigenvalue weighted by atomic mass is 19.4. The summed E-state index contributed by atoms with van der Waals surface area (Å²) in [6, 6.07) is 3.98. The molecule has 1 heterocycles. The molecule has 1 saturated carbocycles. The second-order valence-corrected chi connectivity index (χ2v) is 7.59. The predicted octanol–water partition coefficient (Wildman–Crippen LogP) is 5.60. The molecule has 1 aliphatic heterocycles. The van der Waals surface area contributed by atoms with Gasteiger partial charge in [0.2, 0.25) is 5.91 Å². The molecule has 3 nitrogen and oxygen atoms in total. The van der Waals surface area contributed by atoms with Crippen LogP contribution in [0.25, 0.3) is 0 Å². The van der Waals surface area contributed by atoms with Crippen LogP contribution >= 0.6 is 0 Å². The number of benzene rings is 1. The van der Waals surface area contributed by atoms with Gasteiger partial charge in [0.05, 0.1) is 16.9 Å². The molecule has 1 amide bonds. The van der Waals surface area contributed by atoms with Crippen LogP contribution in [0.2, 0.25) is 0 Å². The van der Waals surface area contributed by atoms with Gasteiger partial charge in [-0.1, -0.05) is 19.3 Å². The zero-order valence-electron chi connectivity index (χ0n) is 15.2. The fraction of sp³-hybridized carbons (Fsp3) is 0.650. The first-order valence-electron chi connectivity index (χ1n) is 9.65. The van der Waals surface area contributed by atoms with Crippen molar-refractivity contribution < 1.29 is 18.0 Å². The Balaban J connectivity index is 1.89. The van der Waals surface area contributed by atoms with E-state index < -0.39 is 11.7 Å². The smallest absolute Gasteiger partial charge is 0.367 e. The molecule has 0 aromatic heterocycles. The van der Waals surface area contributed by atoms with Gasteiger partial charge in [0.15, 0.2) is 0 Å². The maximum Gasteiger partial charge on any atom is 0.416 e. The number of carbonyl (C=O) groups excluding carboxylic acids is 1. The molecule has 1 aromatic carbocycles. The second-order valence-electron chi connectivity index (χ2n) is 7.59. The third kappa shape index (κ3) is 4.33. The molecular weight excluding hydrogens is 341 g/mol. The van der Waals surface area contributed by atoms with Crippen LogP contribution in [0.5, 0.6) is 0 Å². The van der Waals surface area contributed by atoms with E-state index in [4.69, 9.17) is 0 Å². The Bertz CT molecular complexity index is 638. The topological polar surface area (TPSA) is 32.3 Å². The summed E-state index contributed by atoms with van der Waals surface area (Å²) < 4.78 is 39.6. The third-order valence-corrected chi connectivity index (χ3v) is 5.67. The molecule has 1 N–H and O–H groups in total. The van der Waals surface area contributed by atoms with Gasteiger partial charge in [0, 0.05) is 18.5 Å². The number of hydrogen-bond donors (Lipinski definition) is 1. The third-order valence-electron chi connectivity index (χ3n) is 5.67. The summed E-state index contributed by atoms with van der Waals surface area (Å²) in [5, 5.41) is 2.83. The molecule has 1 aliphatic carbocycles. The van der Waals surface area contributed by atoms with Crippen molar-refractivity contribution in [1.82, 2.24) is 0 Å². The number of nitrogens with one attached hydrogen (secondary N) is 1. The van der Waals surface area contributed by atoms with E-state index >= 15 is 0 Å². The number of amides is 1. The van der Waals surface area contributed by atoms with Crippen LogP contribution in [0.15, 0.2) is 18.2 Å². The number of piperidine rings is 1. The molecule has 26 heavy (non-hydrogen) atoms. The van der Waals surface area contributed by atoms with Gasteiger partial charge in [-0.25, -0.2) is 0 Å². The Morgan fingerprint density at radius 1 is 1.08 bits per heavy atom. The number of halogens is 3. The van der Waals surface area contributed by atoms with Gasteiger partial charge in [-0.2, -0.15) is 13.2 Å². The van der Waals surface area contributed by atoms with Gasteiger partial charge in [0.1, 0.15) is 0 Å². The van der Waals surface area contributed by atoms with Gasteiger partial charge in [-0.15, -0.1) is 0 Å². The lowest BCUT2D eigenvalue weighted by atomic mass is 9.88. The minimum absolute atomic E-state index is 0.0927. The summed E-state index contributed by atoms with van der Waals surface area (Å²) in [6.45, 7) is 2.89. The van der Waals surface area contributed by atoms with E-state index in [1.54, 1.807) is 0 Å². The van der Waals surface area contributed by atoms with E-state index in [2.05, 4.69) is 17.1 Å². The van der Waals surface area contributed by atoms with Crippen molar-refractivity contribution in [2.45, 2.75) is 70.5 Å². The summed E-state index contributed by atoms with van der Waals surface area (Å²) in [5.74, 6) is -0.236. The zero-order valence-corrected chi connectivity index (χ0v) is 15.2. The van der Waals surface area contributed by atoms with Gasteiger partial charge in [-0.05, 0) is 57.2 Å². The summed E-state index contributed by atoms with van der Waals surface area (Å²) in [4.78, 5) is 14.8. The van der Waals surface area contributed by atoms with Gasteiger partial charge in [0.25, 0.3) is 0 Å². The first-order valence-corrected chi connectivity index (χ1v) is 9.65. The van der Waals surface area contributed by atoms with Gasteiger partial charge >= 0.3 is 6.18 Å². The minimum atomic E-state index is -4.42. The van der Waals surface area contributed by atoms with Crippen molar-refractivity contribution in [3.63, 3.8) is 0 Å². The normalized spacial score (nSPS) is 22.3. The van der Waals surface area contributed by atoms with Crippen LogP contribution in [0, 0.1) is 5.92 Å². The average molecular weight is 368 g/mol. The van der Waals surface area contributed by atoms with Crippen LogP contribution in [0.4, 0.5) is 24.5 Å². The highest BCUT2D eigenvalue weighted by Gasteiger charge is 2.33.